The number of nitrogens with zero attached hydrogens (tertiary/aromatic N) is 3. The van der Waals surface area contributed by atoms with Crippen LogP contribution >= 0.6 is 15.9 Å². The van der Waals surface area contributed by atoms with Gasteiger partial charge in [-0.2, -0.15) is 0 Å². The Morgan fingerprint density at radius 1 is 1.38 bits per heavy atom. The van der Waals surface area contributed by atoms with E-state index < -0.39 is 0 Å². The number of hydrogen-bond acceptors (Lipinski definition) is 4. The van der Waals surface area contributed by atoms with Gasteiger partial charge in [0.2, 0.25) is 0 Å². The smallest absolute Gasteiger partial charge is 0.110 e. The summed E-state index contributed by atoms with van der Waals surface area (Å²) in [5, 5.41) is 1.10. The van der Waals surface area contributed by atoms with Crippen molar-refractivity contribution >= 4 is 26.8 Å². The maximum Gasteiger partial charge on any atom is 0.110 e. The molecule has 3 aromatic rings. The third-order valence-corrected chi connectivity index (χ3v) is 4.18. The van der Waals surface area contributed by atoms with Gasteiger partial charge in [0, 0.05) is 35.7 Å². The van der Waals surface area contributed by atoms with Crippen LogP contribution in [0.25, 0.3) is 10.9 Å². The number of fused-ring (bicyclic) bond motifs is 1. The number of aromatic nitrogens is 3. The molecule has 0 fully saturated rings. The summed E-state index contributed by atoms with van der Waals surface area (Å²) in [6.45, 7) is 0. The number of imidazole rings is 1. The molecule has 21 heavy (non-hydrogen) atoms. The fourth-order valence-electron chi connectivity index (χ4n) is 2.36. The van der Waals surface area contributed by atoms with Gasteiger partial charge in [0.15, 0.2) is 0 Å². The monoisotopic (exact) mass is 345 g/mol. The molecule has 6 heteroatoms. The molecule has 1 aromatic carbocycles. The molecule has 3 N–H and O–H groups in total. The second-order valence-electron chi connectivity index (χ2n) is 4.93. The number of hydrogen-bond donors (Lipinski definition) is 2. The lowest BCUT2D eigenvalue weighted by molar-refractivity contribution is 0.518. The fourth-order valence-corrected chi connectivity index (χ4v) is 2.97. The summed E-state index contributed by atoms with van der Waals surface area (Å²) in [5.74, 6) is 6.69. The molecule has 0 aliphatic rings. The molecule has 1 unspecified atom stereocenters. The zero-order chi connectivity index (χ0) is 14.8. The second kappa shape index (κ2) is 5.93. The van der Waals surface area contributed by atoms with E-state index >= 15 is 0 Å². The highest BCUT2D eigenvalue weighted by molar-refractivity contribution is 9.10. The molecule has 108 valence electrons. The average Bonchev–Trinajstić information content (AvgIpc) is 2.89. The van der Waals surface area contributed by atoms with Crippen molar-refractivity contribution in [1.82, 2.24) is 20.0 Å². The van der Waals surface area contributed by atoms with Crippen molar-refractivity contribution in [3.05, 3.63) is 58.7 Å². The van der Waals surface area contributed by atoms with Crippen LogP contribution in [0.15, 0.2) is 47.2 Å². The van der Waals surface area contributed by atoms with Gasteiger partial charge in [-0.1, -0.05) is 18.2 Å². The Morgan fingerprint density at radius 3 is 2.90 bits per heavy atom. The molecule has 2 aromatic heterocycles. The molecule has 0 aliphatic carbocycles. The molecular weight excluding hydrogens is 330 g/mol. The maximum atomic E-state index is 5.74. The minimum absolute atomic E-state index is 0.106. The van der Waals surface area contributed by atoms with Gasteiger partial charge in [-0.3, -0.25) is 11.3 Å². The Morgan fingerprint density at radius 2 is 2.19 bits per heavy atom. The van der Waals surface area contributed by atoms with Crippen LogP contribution in [0.1, 0.15) is 17.6 Å². The van der Waals surface area contributed by atoms with Crippen molar-refractivity contribution in [3.8, 4) is 0 Å². The first-order valence-electron chi connectivity index (χ1n) is 6.66. The molecule has 0 saturated carbocycles. The Labute approximate surface area is 131 Å². The van der Waals surface area contributed by atoms with E-state index in [-0.39, 0.29) is 6.04 Å². The van der Waals surface area contributed by atoms with E-state index in [0.717, 1.165) is 26.9 Å². The average molecular weight is 346 g/mol. The molecule has 0 bridgehead atoms. The first-order chi connectivity index (χ1) is 10.2. The zero-order valence-corrected chi connectivity index (χ0v) is 13.2. The molecule has 3 rings (SSSR count). The van der Waals surface area contributed by atoms with Crippen molar-refractivity contribution in [2.24, 2.45) is 12.9 Å². The van der Waals surface area contributed by atoms with E-state index in [0.29, 0.717) is 6.42 Å². The summed E-state index contributed by atoms with van der Waals surface area (Å²) in [6.07, 6.45) is 4.38. The summed E-state index contributed by atoms with van der Waals surface area (Å²) in [6, 6.07) is 9.99. The van der Waals surface area contributed by atoms with Crippen molar-refractivity contribution < 1.29 is 0 Å². The first kappa shape index (κ1) is 14.2. The lowest BCUT2D eigenvalue weighted by Gasteiger charge is -2.17. The van der Waals surface area contributed by atoms with Crippen molar-refractivity contribution in [3.63, 3.8) is 0 Å². The van der Waals surface area contributed by atoms with Crippen molar-refractivity contribution in [2.75, 3.05) is 0 Å². The Balaban J connectivity index is 2.00. The molecule has 0 spiro atoms. The lowest BCUT2D eigenvalue weighted by Crippen LogP contribution is -2.31. The quantitative estimate of drug-likeness (QED) is 0.563. The number of nitrogens with two attached hydrogens (primary N) is 1. The topological polar surface area (TPSA) is 68.8 Å². The predicted molar refractivity (Wildman–Crippen MR) is 86.4 cm³/mol. The molecule has 5 nitrogen and oxygen atoms in total. The van der Waals surface area contributed by atoms with E-state index in [1.165, 1.54) is 0 Å². The SMILES string of the molecule is Cn1ccnc1CC(NN)c1nc2ccccc2cc1Br. The number of aryl methyl sites for hydroxylation is 1. The van der Waals surface area contributed by atoms with Crippen LogP contribution in [0.4, 0.5) is 0 Å². The number of nitrogens with one attached hydrogen (secondary N) is 1. The first-order valence-corrected chi connectivity index (χ1v) is 7.46. The predicted octanol–water partition coefficient (Wildman–Crippen LogP) is 2.48. The van der Waals surface area contributed by atoms with Gasteiger partial charge in [-0.15, -0.1) is 0 Å². The number of halogens is 1. The van der Waals surface area contributed by atoms with E-state index in [1.807, 2.05) is 42.1 Å². The number of hydrazine groups is 1. The van der Waals surface area contributed by atoms with E-state index in [2.05, 4.69) is 32.4 Å². The number of rotatable bonds is 4. The molecule has 2 heterocycles. The number of benzene rings is 1. The van der Waals surface area contributed by atoms with Gasteiger partial charge in [0.25, 0.3) is 0 Å². The Hall–Kier alpha value is -1.76. The summed E-state index contributed by atoms with van der Waals surface area (Å²) in [4.78, 5) is 9.08. The molecule has 0 amide bonds. The standard InChI is InChI=1S/C15H16BrN5/c1-21-7-6-18-14(21)9-13(20-17)15-11(16)8-10-4-2-3-5-12(10)19-15/h2-8,13,20H,9,17H2,1H3. The highest BCUT2D eigenvalue weighted by Crippen LogP contribution is 2.27. The van der Waals surface area contributed by atoms with Crippen LogP contribution in [0, 0.1) is 0 Å². The molecule has 0 aliphatic heterocycles. The third-order valence-electron chi connectivity index (χ3n) is 3.54. The Kier molecular flexibility index (Phi) is 4.01. The van der Waals surface area contributed by atoms with Gasteiger partial charge in [0.1, 0.15) is 5.82 Å². The van der Waals surface area contributed by atoms with Crippen LogP contribution in [-0.2, 0) is 13.5 Å². The number of pyridine rings is 1. The largest absolute Gasteiger partial charge is 0.338 e. The molecule has 0 radical (unpaired) electrons. The second-order valence-corrected chi connectivity index (χ2v) is 5.78. The van der Waals surface area contributed by atoms with Gasteiger partial charge in [-0.25, -0.2) is 9.97 Å². The van der Waals surface area contributed by atoms with Crippen LogP contribution < -0.4 is 11.3 Å². The normalized spacial score (nSPS) is 12.7. The third kappa shape index (κ3) is 2.83. The van der Waals surface area contributed by atoms with Gasteiger partial charge >= 0.3 is 0 Å². The maximum absolute atomic E-state index is 5.74. The van der Waals surface area contributed by atoms with E-state index in [9.17, 15) is 0 Å². The summed E-state index contributed by atoms with van der Waals surface area (Å²) in [7, 11) is 1.97. The van der Waals surface area contributed by atoms with E-state index in [1.54, 1.807) is 6.20 Å². The molecule has 0 saturated heterocycles. The summed E-state index contributed by atoms with van der Waals surface area (Å²) < 4.78 is 2.93. The van der Waals surface area contributed by atoms with Crippen LogP contribution in [0.5, 0.6) is 0 Å². The van der Waals surface area contributed by atoms with Crippen molar-refractivity contribution in [1.29, 1.82) is 0 Å². The summed E-state index contributed by atoms with van der Waals surface area (Å²) >= 11 is 3.60. The van der Waals surface area contributed by atoms with E-state index in [4.69, 9.17) is 10.8 Å². The van der Waals surface area contributed by atoms with Gasteiger partial charge in [0.05, 0.1) is 17.3 Å². The van der Waals surface area contributed by atoms with Crippen LogP contribution in [0.2, 0.25) is 0 Å². The zero-order valence-electron chi connectivity index (χ0n) is 11.6. The Bertz CT molecular complexity index is 768. The molecular formula is C15H16BrN5. The molecule has 1 atom stereocenters. The minimum atomic E-state index is -0.106. The number of para-hydroxylation sites is 1. The minimum Gasteiger partial charge on any atom is -0.338 e. The highest BCUT2D eigenvalue weighted by Gasteiger charge is 2.18. The lowest BCUT2D eigenvalue weighted by atomic mass is 10.1. The summed E-state index contributed by atoms with van der Waals surface area (Å²) in [5.41, 5.74) is 4.69. The highest BCUT2D eigenvalue weighted by atomic mass is 79.9. The van der Waals surface area contributed by atoms with Crippen LogP contribution in [-0.4, -0.2) is 14.5 Å². The van der Waals surface area contributed by atoms with Gasteiger partial charge in [-0.05, 0) is 28.1 Å². The van der Waals surface area contributed by atoms with Gasteiger partial charge < -0.3 is 4.57 Å². The fraction of sp³-hybridized carbons (Fsp3) is 0.200. The van der Waals surface area contributed by atoms with Crippen molar-refractivity contribution in [2.45, 2.75) is 12.5 Å². The van der Waals surface area contributed by atoms with Crippen LogP contribution in [0.3, 0.4) is 0 Å².